The van der Waals surface area contributed by atoms with Gasteiger partial charge < -0.3 is 4.74 Å². The van der Waals surface area contributed by atoms with Gasteiger partial charge in [-0.2, -0.15) is 5.26 Å². The summed E-state index contributed by atoms with van der Waals surface area (Å²) in [6.45, 7) is 0. The van der Waals surface area contributed by atoms with Crippen molar-refractivity contribution in [3.63, 3.8) is 0 Å². The van der Waals surface area contributed by atoms with E-state index in [1.165, 1.54) is 24.3 Å². The largest absolute Gasteiger partial charge is 0.484 e. The highest BCUT2D eigenvalue weighted by molar-refractivity contribution is 5.45. The molecule has 0 spiro atoms. The maximum atomic E-state index is 13.5. The van der Waals surface area contributed by atoms with Crippen molar-refractivity contribution in [3.8, 4) is 11.8 Å². The summed E-state index contributed by atoms with van der Waals surface area (Å²) in [5.41, 5.74) is 1.70. The summed E-state index contributed by atoms with van der Waals surface area (Å²) in [6, 6.07) is 10.7. The van der Waals surface area contributed by atoms with Crippen molar-refractivity contribution in [1.29, 1.82) is 5.26 Å². The summed E-state index contributed by atoms with van der Waals surface area (Å²) in [5.74, 6) is -0.726. The van der Waals surface area contributed by atoms with E-state index in [9.17, 15) is 8.78 Å². The Labute approximate surface area is 115 Å². The number of rotatable bonds is 2. The van der Waals surface area contributed by atoms with E-state index in [0.29, 0.717) is 6.42 Å². The van der Waals surface area contributed by atoms with Crippen molar-refractivity contribution < 1.29 is 13.5 Å². The molecule has 0 amide bonds. The van der Waals surface area contributed by atoms with Crippen molar-refractivity contribution in [2.45, 2.75) is 18.9 Å². The van der Waals surface area contributed by atoms with Gasteiger partial charge in [0.2, 0.25) is 0 Å². The smallest absolute Gasteiger partial charge is 0.144 e. The van der Waals surface area contributed by atoms with Crippen molar-refractivity contribution in [3.05, 3.63) is 64.7 Å². The third-order valence-corrected chi connectivity index (χ3v) is 3.49. The van der Waals surface area contributed by atoms with Crippen molar-refractivity contribution in [2.75, 3.05) is 0 Å². The standard InChI is InChI=1S/C16H11F2NO/c17-11-6-4-10-5-7-16(12(10)8-11)20-15-3-1-2-14(18)13(15)9-19/h1-4,6,8,16H,5,7H2. The van der Waals surface area contributed by atoms with Gasteiger partial charge in [0.25, 0.3) is 0 Å². The number of nitriles is 1. The number of benzene rings is 2. The highest BCUT2D eigenvalue weighted by Crippen LogP contribution is 2.36. The van der Waals surface area contributed by atoms with Gasteiger partial charge in [-0.15, -0.1) is 0 Å². The fourth-order valence-corrected chi connectivity index (χ4v) is 2.52. The molecule has 0 fully saturated rings. The molecule has 1 aliphatic rings. The van der Waals surface area contributed by atoms with Gasteiger partial charge in [-0.25, -0.2) is 8.78 Å². The monoisotopic (exact) mass is 271 g/mol. The zero-order chi connectivity index (χ0) is 14.1. The SMILES string of the molecule is N#Cc1c(F)cccc1OC1CCc2ccc(F)cc21. The molecule has 0 N–H and O–H groups in total. The van der Waals surface area contributed by atoms with Crippen LogP contribution in [0.5, 0.6) is 5.75 Å². The summed E-state index contributed by atoms with van der Waals surface area (Å²) >= 11 is 0. The molecule has 0 aliphatic heterocycles. The highest BCUT2D eigenvalue weighted by Gasteiger charge is 2.25. The van der Waals surface area contributed by atoms with Crippen LogP contribution in [-0.4, -0.2) is 0 Å². The Morgan fingerprint density at radius 1 is 1.20 bits per heavy atom. The summed E-state index contributed by atoms with van der Waals surface area (Å²) in [6.07, 6.45) is 1.15. The minimum atomic E-state index is -0.609. The molecule has 1 atom stereocenters. The van der Waals surface area contributed by atoms with Crippen LogP contribution in [0.3, 0.4) is 0 Å². The summed E-state index contributed by atoms with van der Waals surface area (Å²) in [7, 11) is 0. The van der Waals surface area contributed by atoms with E-state index in [1.807, 2.05) is 0 Å². The normalized spacial score (nSPS) is 16.6. The Bertz CT molecular complexity index is 706. The van der Waals surface area contributed by atoms with Crippen LogP contribution < -0.4 is 4.74 Å². The molecule has 4 heteroatoms. The minimum Gasteiger partial charge on any atom is -0.484 e. The lowest BCUT2D eigenvalue weighted by atomic mass is 10.1. The van der Waals surface area contributed by atoms with Gasteiger partial charge >= 0.3 is 0 Å². The quantitative estimate of drug-likeness (QED) is 0.829. The van der Waals surface area contributed by atoms with E-state index in [1.54, 1.807) is 18.2 Å². The lowest BCUT2D eigenvalue weighted by Crippen LogP contribution is -2.05. The minimum absolute atomic E-state index is 0.114. The van der Waals surface area contributed by atoms with Gasteiger partial charge in [-0.05, 0) is 48.2 Å². The number of ether oxygens (including phenoxy) is 1. The van der Waals surface area contributed by atoms with Crippen molar-refractivity contribution in [2.24, 2.45) is 0 Å². The van der Waals surface area contributed by atoms with Gasteiger partial charge in [0.15, 0.2) is 0 Å². The van der Waals surface area contributed by atoms with Crippen molar-refractivity contribution in [1.82, 2.24) is 0 Å². The number of fused-ring (bicyclic) bond motifs is 1. The first-order chi connectivity index (χ1) is 9.69. The maximum absolute atomic E-state index is 13.5. The van der Waals surface area contributed by atoms with Crippen LogP contribution in [0, 0.1) is 23.0 Å². The van der Waals surface area contributed by atoms with E-state index in [2.05, 4.69) is 0 Å². The number of hydrogen-bond acceptors (Lipinski definition) is 2. The van der Waals surface area contributed by atoms with E-state index < -0.39 is 5.82 Å². The Morgan fingerprint density at radius 2 is 2.05 bits per heavy atom. The summed E-state index contributed by atoms with van der Waals surface area (Å²) in [5, 5.41) is 8.98. The maximum Gasteiger partial charge on any atom is 0.144 e. The molecule has 0 heterocycles. The van der Waals surface area contributed by atoms with Crippen LogP contribution in [0.25, 0.3) is 0 Å². The Morgan fingerprint density at radius 3 is 2.85 bits per heavy atom. The summed E-state index contributed by atoms with van der Waals surface area (Å²) < 4.78 is 32.6. The fraction of sp³-hybridized carbons (Fsp3) is 0.188. The van der Waals surface area contributed by atoms with E-state index in [-0.39, 0.29) is 23.2 Å². The van der Waals surface area contributed by atoms with Crippen LogP contribution in [0.1, 0.15) is 29.2 Å². The van der Waals surface area contributed by atoms with Crippen molar-refractivity contribution >= 4 is 0 Å². The average molecular weight is 271 g/mol. The Hall–Kier alpha value is -2.41. The molecule has 0 aromatic heterocycles. The molecule has 2 nitrogen and oxygen atoms in total. The first-order valence-electron chi connectivity index (χ1n) is 6.32. The molecule has 2 aromatic rings. The van der Waals surface area contributed by atoms with Crippen LogP contribution in [0.2, 0.25) is 0 Å². The second-order valence-electron chi connectivity index (χ2n) is 4.71. The third-order valence-electron chi connectivity index (χ3n) is 3.49. The predicted octanol–water partition coefficient (Wildman–Crippen LogP) is 3.90. The third kappa shape index (κ3) is 2.12. The second kappa shape index (κ2) is 4.93. The molecule has 0 saturated heterocycles. The van der Waals surface area contributed by atoms with Gasteiger partial charge in [0.05, 0.1) is 0 Å². The molecule has 1 unspecified atom stereocenters. The van der Waals surface area contributed by atoms with Gasteiger partial charge in [-0.1, -0.05) is 12.1 Å². The number of halogens is 2. The fourth-order valence-electron chi connectivity index (χ4n) is 2.52. The van der Waals surface area contributed by atoms with Crippen LogP contribution in [-0.2, 0) is 6.42 Å². The van der Waals surface area contributed by atoms with Crippen LogP contribution in [0.4, 0.5) is 8.78 Å². The average Bonchev–Trinajstić information content (AvgIpc) is 2.82. The zero-order valence-corrected chi connectivity index (χ0v) is 10.6. The summed E-state index contributed by atoms with van der Waals surface area (Å²) in [4.78, 5) is 0. The van der Waals surface area contributed by atoms with Crippen LogP contribution in [0.15, 0.2) is 36.4 Å². The number of nitrogens with zero attached hydrogens (tertiary/aromatic N) is 1. The molecule has 3 rings (SSSR count). The molecule has 0 bridgehead atoms. The molecule has 0 radical (unpaired) electrons. The van der Waals surface area contributed by atoms with Gasteiger partial charge in [0, 0.05) is 0 Å². The number of hydrogen-bond donors (Lipinski definition) is 0. The molecule has 0 saturated carbocycles. The Kier molecular flexibility index (Phi) is 3.11. The highest BCUT2D eigenvalue weighted by atomic mass is 19.1. The molecule has 20 heavy (non-hydrogen) atoms. The topological polar surface area (TPSA) is 33.0 Å². The van der Waals surface area contributed by atoms with Crippen LogP contribution >= 0.6 is 0 Å². The lowest BCUT2D eigenvalue weighted by molar-refractivity contribution is 0.205. The number of aryl methyl sites for hydroxylation is 1. The second-order valence-corrected chi connectivity index (χ2v) is 4.71. The zero-order valence-electron chi connectivity index (χ0n) is 10.6. The molecule has 1 aliphatic carbocycles. The Balaban J connectivity index is 1.94. The van der Waals surface area contributed by atoms with Gasteiger partial charge in [-0.3, -0.25) is 0 Å². The molecule has 2 aromatic carbocycles. The van der Waals surface area contributed by atoms with Gasteiger partial charge in [0.1, 0.15) is 35.1 Å². The van der Waals surface area contributed by atoms with E-state index >= 15 is 0 Å². The first kappa shape index (κ1) is 12.6. The van der Waals surface area contributed by atoms with E-state index in [4.69, 9.17) is 10.00 Å². The molecular formula is C16H11F2NO. The predicted molar refractivity (Wildman–Crippen MR) is 69.2 cm³/mol. The molecular weight excluding hydrogens is 260 g/mol. The molecule has 100 valence electrons. The van der Waals surface area contributed by atoms with E-state index in [0.717, 1.165) is 17.5 Å². The first-order valence-corrected chi connectivity index (χ1v) is 6.32. The lowest BCUT2D eigenvalue weighted by Gasteiger charge is -2.16.